The van der Waals surface area contributed by atoms with Crippen molar-refractivity contribution in [3.63, 3.8) is 0 Å². The number of esters is 2. The lowest BCUT2D eigenvalue weighted by Crippen LogP contribution is -2.33. The van der Waals surface area contributed by atoms with Crippen molar-refractivity contribution in [2.45, 2.75) is 88.9 Å². The molecule has 2 aliphatic heterocycles. The lowest BCUT2D eigenvalue weighted by atomic mass is 9.68. The Morgan fingerprint density at radius 2 is 1.08 bits per heavy atom. The number of hydrogen-bond donors (Lipinski definition) is 0. The van der Waals surface area contributed by atoms with Crippen molar-refractivity contribution in [1.29, 1.82) is 0 Å². The minimum absolute atomic E-state index is 0.109. The zero-order valence-corrected chi connectivity index (χ0v) is 23.0. The molecule has 4 rings (SSSR count). The predicted octanol–water partition coefficient (Wildman–Crippen LogP) is 6.72. The third-order valence-electron chi connectivity index (χ3n) is 9.19. The van der Waals surface area contributed by atoms with E-state index in [2.05, 4.69) is 62.4 Å². The molecular weight excluding hydrogens is 476 g/mol. The molecule has 4 atom stereocenters. The number of ketones is 1. The summed E-state index contributed by atoms with van der Waals surface area (Å²) in [5, 5.41) is 0. The minimum Gasteiger partial charge on any atom is -0.465 e. The molecule has 2 aromatic rings. The molecule has 0 spiro atoms. The molecule has 4 unspecified atom stereocenters. The number of cyclic esters (lactones) is 2. The van der Waals surface area contributed by atoms with Gasteiger partial charge in [0.1, 0.15) is 5.78 Å². The third-order valence-corrected chi connectivity index (χ3v) is 9.19. The van der Waals surface area contributed by atoms with Gasteiger partial charge in [0.25, 0.3) is 0 Å². The molecule has 2 saturated heterocycles. The Morgan fingerprint density at radius 3 is 1.42 bits per heavy atom. The van der Waals surface area contributed by atoms with Gasteiger partial charge in [0.05, 0.1) is 26.1 Å². The average molecular weight is 519 g/mol. The van der Waals surface area contributed by atoms with E-state index in [4.69, 9.17) is 9.47 Å². The van der Waals surface area contributed by atoms with Crippen LogP contribution in [0, 0.1) is 11.8 Å². The van der Waals surface area contributed by atoms with Gasteiger partial charge in [-0.25, -0.2) is 0 Å². The third kappa shape index (κ3) is 6.73. The Hall–Kier alpha value is -2.95. The van der Waals surface area contributed by atoms with E-state index in [1.54, 1.807) is 0 Å². The van der Waals surface area contributed by atoms with Crippen LogP contribution in [0.4, 0.5) is 0 Å². The fourth-order valence-electron chi connectivity index (χ4n) is 6.40. The number of carbonyl (C=O) groups is 3. The van der Waals surface area contributed by atoms with Crippen molar-refractivity contribution in [2.24, 2.45) is 11.8 Å². The molecule has 0 aliphatic carbocycles. The fourth-order valence-corrected chi connectivity index (χ4v) is 6.40. The molecule has 0 bridgehead atoms. The van der Waals surface area contributed by atoms with Gasteiger partial charge in [-0.15, -0.1) is 0 Å². The second-order valence-electron chi connectivity index (χ2n) is 11.7. The van der Waals surface area contributed by atoms with E-state index < -0.39 is 0 Å². The lowest BCUT2D eigenvalue weighted by Gasteiger charge is -2.35. The Morgan fingerprint density at radius 1 is 0.684 bits per heavy atom. The highest BCUT2D eigenvalue weighted by molar-refractivity contribution is 5.78. The van der Waals surface area contributed by atoms with Crippen molar-refractivity contribution in [2.75, 3.05) is 13.2 Å². The molecule has 0 aromatic heterocycles. The number of ether oxygens (including phenoxy) is 2. The molecule has 38 heavy (non-hydrogen) atoms. The molecule has 2 aromatic carbocycles. The van der Waals surface area contributed by atoms with E-state index in [1.807, 2.05) is 12.1 Å². The first kappa shape index (κ1) is 28.1. The van der Waals surface area contributed by atoms with Crippen LogP contribution in [-0.2, 0) is 34.7 Å². The normalized spacial score (nSPS) is 22.4. The summed E-state index contributed by atoms with van der Waals surface area (Å²) in [7, 11) is 0. The molecular formula is C33H42O5. The molecule has 2 heterocycles. The molecule has 0 amide bonds. The van der Waals surface area contributed by atoms with Crippen molar-refractivity contribution in [1.82, 2.24) is 0 Å². The highest BCUT2D eigenvalue weighted by Crippen LogP contribution is 2.43. The van der Waals surface area contributed by atoms with Crippen LogP contribution in [0.1, 0.15) is 89.2 Å². The first-order valence-electron chi connectivity index (χ1n) is 14.3. The second kappa shape index (κ2) is 12.7. The van der Waals surface area contributed by atoms with Crippen LogP contribution in [0.5, 0.6) is 0 Å². The van der Waals surface area contributed by atoms with Gasteiger partial charge >= 0.3 is 11.9 Å². The number of benzene rings is 2. The summed E-state index contributed by atoms with van der Waals surface area (Å²) >= 11 is 0. The van der Waals surface area contributed by atoms with Gasteiger partial charge in [0, 0.05) is 24.7 Å². The topological polar surface area (TPSA) is 69.7 Å². The summed E-state index contributed by atoms with van der Waals surface area (Å²) < 4.78 is 10.6. The second-order valence-corrected chi connectivity index (χ2v) is 11.7. The number of Topliss-reactive ketones (excluding diaryl/α,β-unsaturated/α-hetero) is 1. The van der Waals surface area contributed by atoms with Gasteiger partial charge in [-0.1, -0.05) is 87.4 Å². The smallest absolute Gasteiger partial charge is 0.306 e. The molecule has 0 saturated carbocycles. The van der Waals surface area contributed by atoms with Crippen LogP contribution in [0.2, 0.25) is 0 Å². The first-order valence-corrected chi connectivity index (χ1v) is 14.3. The Labute approximate surface area is 227 Å². The van der Waals surface area contributed by atoms with Crippen molar-refractivity contribution in [3.8, 4) is 0 Å². The van der Waals surface area contributed by atoms with Gasteiger partial charge in [-0.05, 0) is 47.6 Å². The van der Waals surface area contributed by atoms with Gasteiger partial charge in [0.15, 0.2) is 0 Å². The first-order chi connectivity index (χ1) is 18.3. The highest BCUT2D eigenvalue weighted by Gasteiger charge is 2.42. The summed E-state index contributed by atoms with van der Waals surface area (Å²) in [4.78, 5) is 36.3. The molecule has 5 heteroatoms. The zero-order chi connectivity index (χ0) is 27.0. The van der Waals surface area contributed by atoms with Crippen LogP contribution in [0.15, 0.2) is 60.7 Å². The van der Waals surface area contributed by atoms with Crippen molar-refractivity contribution < 1.29 is 23.9 Å². The summed E-state index contributed by atoms with van der Waals surface area (Å²) in [6.45, 7) is 5.44. The number of rotatable bonds is 14. The minimum atomic E-state index is -0.135. The number of hydrogen-bond acceptors (Lipinski definition) is 5. The highest BCUT2D eigenvalue weighted by atomic mass is 16.5. The van der Waals surface area contributed by atoms with E-state index in [9.17, 15) is 14.4 Å². The lowest BCUT2D eigenvalue weighted by molar-refractivity contribution is -0.138. The monoisotopic (exact) mass is 518 g/mol. The molecule has 2 aliphatic rings. The van der Waals surface area contributed by atoms with Crippen molar-refractivity contribution in [3.05, 3.63) is 71.8 Å². The van der Waals surface area contributed by atoms with Crippen LogP contribution < -0.4 is 0 Å². The summed E-state index contributed by atoms with van der Waals surface area (Å²) in [5.74, 6) is 0.456. The Balaban J connectivity index is 1.23. The molecule has 0 N–H and O–H groups in total. The summed E-state index contributed by atoms with van der Waals surface area (Å²) in [5.41, 5.74) is 2.21. The van der Waals surface area contributed by atoms with Crippen LogP contribution in [-0.4, -0.2) is 30.9 Å². The van der Waals surface area contributed by atoms with Crippen LogP contribution in [0.25, 0.3) is 0 Å². The molecule has 0 radical (unpaired) electrons. The van der Waals surface area contributed by atoms with E-state index >= 15 is 0 Å². The molecule has 5 nitrogen and oxygen atoms in total. The standard InChI is InChI=1S/C33H42O5/c1-32(25-13-5-3-6-14-25,27-21-30(35)37-23-27)19-11-9-17-29(34)18-10-12-20-33(2,26-15-7-4-8-16-26)28-22-31(36)38-24-28/h3-8,13-16,27-28H,9-12,17-24H2,1-2H3. The Kier molecular flexibility index (Phi) is 9.40. The maximum atomic E-state index is 12.7. The van der Waals surface area contributed by atoms with E-state index in [0.717, 1.165) is 38.5 Å². The Bertz CT molecular complexity index is 996. The number of carbonyl (C=O) groups excluding carboxylic acids is 3. The predicted molar refractivity (Wildman–Crippen MR) is 148 cm³/mol. The van der Waals surface area contributed by atoms with Gasteiger partial charge in [0.2, 0.25) is 0 Å². The SMILES string of the molecule is CC(CCCCC(=O)CCCCC(C)(c1ccccc1)C1COC(=O)C1)(c1ccccc1)C1COC(=O)C1. The maximum absolute atomic E-state index is 12.7. The molecule has 204 valence electrons. The summed E-state index contributed by atoms with van der Waals surface area (Å²) in [6.07, 6.45) is 7.64. The van der Waals surface area contributed by atoms with E-state index in [1.165, 1.54) is 11.1 Å². The quantitative estimate of drug-likeness (QED) is 0.205. The fraction of sp³-hybridized carbons (Fsp3) is 0.545. The maximum Gasteiger partial charge on any atom is 0.306 e. The largest absolute Gasteiger partial charge is 0.465 e. The molecule has 2 fully saturated rings. The van der Waals surface area contributed by atoms with Gasteiger partial charge < -0.3 is 9.47 Å². The van der Waals surface area contributed by atoms with Gasteiger partial charge in [-0.2, -0.15) is 0 Å². The van der Waals surface area contributed by atoms with E-state index in [0.29, 0.717) is 44.7 Å². The zero-order valence-electron chi connectivity index (χ0n) is 23.0. The number of unbranched alkanes of at least 4 members (excludes halogenated alkanes) is 2. The van der Waals surface area contributed by atoms with Crippen molar-refractivity contribution >= 4 is 17.7 Å². The van der Waals surface area contributed by atoms with Crippen LogP contribution in [0.3, 0.4) is 0 Å². The van der Waals surface area contributed by atoms with Crippen LogP contribution >= 0.6 is 0 Å². The van der Waals surface area contributed by atoms with Gasteiger partial charge in [-0.3, -0.25) is 14.4 Å². The van der Waals surface area contributed by atoms with E-state index in [-0.39, 0.29) is 34.6 Å². The summed E-state index contributed by atoms with van der Waals surface area (Å²) in [6, 6.07) is 20.8. The average Bonchev–Trinajstić information content (AvgIpc) is 3.58.